The Morgan fingerprint density at radius 3 is 2.56 bits per heavy atom. The Morgan fingerprint density at radius 2 is 1.94 bits per heavy atom. The number of nitrogens with one attached hydrogen (secondary N) is 2. The number of amides is 2. The van der Waals surface area contributed by atoms with Gasteiger partial charge in [0.2, 0.25) is 0 Å². The molecule has 0 aliphatic rings. The number of carbonyl (C=O) groups excluding carboxylic acids is 1. The number of carboxylic acid groups (broad SMARTS) is 1. The second-order valence-corrected chi connectivity index (χ2v) is 9.68. The Hall–Kier alpha value is -3.76. The van der Waals surface area contributed by atoms with E-state index in [9.17, 15) is 14.7 Å². The van der Waals surface area contributed by atoms with Crippen molar-refractivity contribution >= 4 is 34.6 Å². The van der Waals surface area contributed by atoms with Crippen LogP contribution in [0.5, 0.6) is 5.75 Å². The van der Waals surface area contributed by atoms with Gasteiger partial charge >= 0.3 is 12.0 Å². The van der Waals surface area contributed by atoms with Gasteiger partial charge in [-0.1, -0.05) is 26.8 Å². The number of benzene rings is 1. The van der Waals surface area contributed by atoms with Crippen LogP contribution in [-0.4, -0.2) is 67.9 Å². The van der Waals surface area contributed by atoms with E-state index in [4.69, 9.17) is 21.2 Å². The molecule has 1 heterocycles. The Bertz CT molecular complexity index is 1080. The average molecular weight is 502 g/mol. The van der Waals surface area contributed by atoms with Crippen LogP contribution in [0, 0.1) is 0 Å². The normalized spacial score (nSPS) is 12.0. The van der Waals surface area contributed by atoms with E-state index in [2.05, 4.69) is 47.4 Å². The quantitative estimate of drug-likeness (QED) is 0.167. The first-order valence-electron chi connectivity index (χ1n) is 12.0. The van der Waals surface area contributed by atoms with E-state index in [1.54, 1.807) is 7.11 Å². The van der Waals surface area contributed by atoms with Crippen molar-refractivity contribution in [3.05, 3.63) is 30.0 Å². The molecule has 0 aliphatic carbocycles. The molecule has 11 nitrogen and oxygen atoms in total. The van der Waals surface area contributed by atoms with Crippen molar-refractivity contribution in [1.82, 2.24) is 15.6 Å². The minimum atomic E-state index is -1.11. The number of hydrogen-bond donors (Lipinski definition) is 5. The van der Waals surface area contributed by atoms with Crippen LogP contribution in [0.3, 0.4) is 0 Å². The lowest BCUT2D eigenvalue weighted by molar-refractivity contribution is -0.139. The zero-order valence-electron chi connectivity index (χ0n) is 21.8. The maximum absolute atomic E-state index is 12.2. The maximum atomic E-state index is 12.2. The van der Waals surface area contributed by atoms with Crippen LogP contribution in [0.15, 0.2) is 29.3 Å². The minimum absolute atomic E-state index is 0.0510. The van der Waals surface area contributed by atoms with Crippen LogP contribution in [0.2, 0.25) is 0 Å². The summed E-state index contributed by atoms with van der Waals surface area (Å²) in [5.41, 5.74) is 13.3. The summed E-state index contributed by atoms with van der Waals surface area (Å²) in [5, 5.41) is 15.5. The fourth-order valence-corrected chi connectivity index (χ4v) is 3.62. The molecular weight excluding hydrogens is 462 g/mol. The Kier molecular flexibility index (Phi) is 10.1. The molecule has 7 N–H and O–H groups in total. The van der Waals surface area contributed by atoms with Gasteiger partial charge < -0.3 is 36.8 Å². The summed E-state index contributed by atoms with van der Waals surface area (Å²) in [5.74, 6) is -0.418. The number of urea groups is 1. The maximum Gasteiger partial charge on any atom is 0.326 e. The van der Waals surface area contributed by atoms with E-state index in [1.807, 2.05) is 25.2 Å². The number of methoxy groups -OCH3 is 1. The van der Waals surface area contributed by atoms with E-state index in [0.29, 0.717) is 32.5 Å². The lowest BCUT2D eigenvalue weighted by atomic mass is 9.91. The zero-order valence-corrected chi connectivity index (χ0v) is 21.8. The van der Waals surface area contributed by atoms with Gasteiger partial charge in [-0.05, 0) is 31.4 Å². The first-order valence-corrected chi connectivity index (χ1v) is 12.0. The number of aliphatic carboxylic acids is 1. The Balaban J connectivity index is 1.96. The molecule has 0 radical (unpaired) electrons. The van der Waals surface area contributed by atoms with Gasteiger partial charge in [-0.3, -0.25) is 9.98 Å². The van der Waals surface area contributed by atoms with E-state index in [0.717, 1.165) is 28.0 Å². The largest absolute Gasteiger partial charge is 0.497 e. The number of ether oxygens (including phenoxy) is 1. The van der Waals surface area contributed by atoms with Crippen molar-refractivity contribution < 1.29 is 19.4 Å². The van der Waals surface area contributed by atoms with Crippen LogP contribution < -0.4 is 31.7 Å². The molecule has 2 amide bonds. The fraction of sp³-hybridized carbons (Fsp3) is 0.520. The smallest absolute Gasteiger partial charge is 0.326 e. The van der Waals surface area contributed by atoms with Crippen molar-refractivity contribution in [1.29, 1.82) is 0 Å². The third kappa shape index (κ3) is 8.47. The lowest BCUT2D eigenvalue weighted by Crippen LogP contribution is -2.46. The molecule has 36 heavy (non-hydrogen) atoms. The molecule has 1 aromatic heterocycles. The molecule has 0 unspecified atom stereocenters. The second-order valence-electron chi connectivity index (χ2n) is 9.68. The van der Waals surface area contributed by atoms with Gasteiger partial charge in [0.1, 0.15) is 11.8 Å². The van der Waals surface area contributed by atoms with Gasteiger partial charge in [-0.25, -0.2) is 9.59 Å². The van der Waals surface area contributed by atoms with Crippen LogP contribution in [0.25, 0.3) is 10.9 Å². The molecule has 2 aromatic rings. The van der Waals surface area contributed by atoms with Gasteiger partial charge in [0, 0.05) is 49.2 Å². The number of carboxylic acids is 1. The molecular formula is C25H39N7O4. The molecule has 0 saturated carbocycles. The van der Waals surface area contributed by atoms with Crippen molar-refractivity contribution in [3.8, 4) is 5.75 Å². The molecule has 0 fully saturated rings. The highest BCUT2D eigenvalue weighted by atomic mass is 16.5. The topological polar surface area (TPSA) is 168 Å². The first-order chi connectivity index (χ1) is 16.9. The van der Waals surface area contributed by atoms with Gasteiger partial charge in [-0.15, -0.1) is 0 Å². The summed E-state index contributed by atoms with van der Waals surface area (Å²) < 4.78 is 5.48. The standard InChI is InChI=1S/C25H39N7O4/c1-25(2,3)20-10-9-16-14-17(36-5)15-19(21(16)31-20)32(4)13-7-12-29-24(35)30-18(22(33)34)8-6-11-28-23(26)27/h9-10,14-15,18H,6-8,11-13H2,1-5H3,(H,33,34)(H4,26,27,28)(H2,29,30,35)/t18-/m1/s1. The van der Waals surface area contributed by atoms with Crippen LogP contribution in [-0.2, 0) is 10.2 Å². The highest BCUT2D eigenvalue weighted by molar-refractivity contribution is 5.92. The summed E-state index contributed by atoms with van der Waals surface area (Å²) >= 11 is 0. The SMILES string of the molecule is COc1cc(N(C)CCCNC(=O)N[C@H](CCCN=C(N)N)C(=O)O)c2nc(C(C)(C)C)ccc2c1. The van der Waals surface area contributed by atoms with Crippen molar-refractivity contribution in [3.63, 3.8) is 0 Å². The zero-order chi connectivity index (χ0) is 26.9. The lowest BCUT2D eigenvalue weighted by Gasteiger charge is -2.24. The van der Waals surface area contributed by atoms with Gasteiger partial charge in [0.25, 0.3) is 0 Å². The number of nitrogens with zero attached hydrogens (tertiary/aromatic N) is 3. The second kappa shape index (κ2) is 12.8. The fourth-order valence-electron chi connectivity index (χ4n) is 3.62. The van der Waals surface area contributed by atoms with Gasteiger partial charge in [0.15, 0.2) is 5.96 Å². The molecule has 0 aliphatic heterocycles. The number of guanidine groups is 1. The first kappa shape index (κ1) is 28.5. The number of anilines is 1. The monoisotopic (exact) mass is 501 g/mol. The van der Waals surface area contributed by atoms with Crippen molar-refractivity contribution in [2.24, 2.45) is 16.5 Å². The highest BCUT2D eigenvalue weighted by Gasteiger charge is 2.20. The predicted octanol–water partition coefficient (Wildman–Crippen LogP) is 2.17. The van der Waals surface area contributed by atoms with Crippen molar-refractivity contribution in [2.75, 3.05) is 38.7 Å². The summed E-state index contributed by atoms with van der Waals surface area (Å²) in [6.07, 6.45) is 1.29. The van der Waals surface area contributed by atoms with Crippen molar-refractivity contribution in [2.45, 2.75) is 51.5 Å². The number of pyridine rings is 1. The third-order valence-corrected chi connectivity index (χ3v) is 5.67. The van der Waals surface area contributed by atoms with Crippen LogP contribution >= 0.6 is 0 Å². The minimum Gasteiger partial charge on any atom is -0.497 e. The predicted molar refractivity (Wildman–Crippen MR) is 143 cm³/mol. The Labute approximate surface area is 212 Å². The summed E-state index contributed by atoms with van der Waals surface area (Å²) in [4.78, 5) is 34.5. The summed E-state index contributed by atoms with van der Waals surface area (Å²) in [6.45, 7) is 7.70. The van der Waals surface area contributed by atoms with Gasteiger partial charge in [0.05, 0.1) is 18.3 Å². The molecule has 11 heteroatoms. The molecule has 0 bridgehead atoms. The third-order valence-electron chi connectivity index (χ3n) is 5.67. The number of fused-ring (bicyclic) bond motifs is 1. The Morgan fingerprint density at radius 1 is 1.22 bits per heavy atom. The van der Waals surface area contributed by atoms with E-state index >= 15 is 0 Å². The number of aliphatic imine (C=N–C) groups is 1. The van der Waals surface area contributed by atoms with E-state index in [1.165, 1.54) is 0 Å². The number of hydrogen-bond acceptors (Lipinski definition) is 6. The average Bonchev–Trinajstić information content (AvgIpc) is 2.81. The van der Waals surface area contributed by atoms with E-state index < -0.39 is 18.0 Å². The molecule has 1 atom stereocenters. The van der Waals surface area contributed by atoms with E-state index in [-0.39, 0.29) is 17.8 Å². The van der Waals surface area contributed by atoms with Crippen LogP contribution in [0.4, 0.5) is 10.5 Å². The molecule has 0 spiro atoms. The highest BCUT2D eigenvalue weighted by Crippen LogP contribution is 2.32. The molecule has 198 valence electrons. The number of rotatable bonds is 12. The number of nitrogens with two attached hydrogens (primary N) is 2. The van der Waals surface area contributed by atoms with Gasteiger partial charge in [-0.2, -0.15) is 0 Å². The summed E-state index contributed by atoms with van der Waals surface area (Å²) in [7, 11) is 3.60. The summed E-state index contributed by atoms with van der Waals surface area (Å²) in [6, 6.07) is 6.48. The number of aromatic nitrogens is 1. The van der Waals surface area contributed by atoms with Crippen LogP contribution in [0.1, 0.15) is 45.7 Å². The molecule has 2 rings (SSSR count). The number of carbonyl (C=O) groups is 2. The molecule has 1 aromatic carbocycles. The molecule has 0 saturated heterocycles.